The highest BCUT2D eigenvalue weighted by Crippen LogP contribution is 2.25. The molecule has 90 valence electrons. The summed E-state index contributed by atoms with van der Waals surface area (Å²) in [5.41, 5.74) is 1.81. The highest BCUT2D eigenvalue weighted by atomic mass is 79.9. The van der Waals surface area contributed by atoms with Crippen LogP contribution in [0.2, 0.25) is 0 Å². The molecule has 1 heterocycles. The summed E-state index contributed by atoms with van der Waals surface area (Å²) in [7, 11) is -3.42. The van der Waals surface area contributed by atoms with E-state index >= 15 is 0 Å². The Morgan fingerprint density at radius 3 is 2.53 bits per heavy atom. The van der Waals surface area contributed by atoms with Gasteiger partial charge in [0.05, 0.1) is 4.90 Å². The summed E-state index contributed by atoms with van der Waals surface area (Å²) in [4.78, 5) is 4.38. The van der Waals surface area contributed by atoms with Crippen LogP contribution in [0, 0.1) is 13.8 Å². The SMILES string of the molecule is Cc1ccc(S(=O)(=O)C2C=CC(Br)=N2)c(C)c1. The van der Waals surface area contributed by atoms with Gasteiger partial charge in [0.2, 0.25) is 9.84 Å². The third kappa shape index (κ3) is 2.35. The van der Waals surface area contributed by atoms with Crippen molar-refractivity contribution in [2.24, 2.45) is 4.99 Å². The Morgan fingerprint density at radius 1 is 1.29 bits per heavy atom. The van der Waals surface area contributed by atoms with Crippen LogP contribution in [0.3, 0.4) is 0 Å². The summed E-state index contributed by atoms with van der Waals surface area (Å²) < 4.78 is 25.2. The number of halogens is 1. The van der Waals surface area contributed by atoms with Gasteiger partial charge in [0, 0.05) is 0 Å². The van der Waals surface area contributed by atoms with Gasteiger partial charge in [0.15, 0.2) is 5.37 Å². The van der Waals surface area contributed by atoms with Gasteiger partial charge in [0.25, 0.3) is 0 Å². The fraction of sp³-hybridized carbons (Fsp3) is 0.250. The number of rotatable bonds is 2. The minimum absolute atomic E-state index is 0.351. The average molecular weight is 314 g/mol. The second-order valence-corrected chi connectivity index (χ2v) is 6.84. The molecule has 0 saturated heterocycles. The van der Waals surface area contributed by atoms with Gasteiger partial charge in [-0.2, -0.15) is 0 Å². The van der Waals surface area contributed by atoms with Gasteiger partial charge in [-0.15, -0.1) is 0 Å². The first kappa shape index (κ1) is 12.5. The molecule has 3 nitrogen and oxygen atoms in total. The maximum atomic E-state index is 12.3. The van der Waals surface area contributed by atoms with E-state index < -0.39 is 15.2 Å². The fourth-order valence-corrected chi connectivity index (χ4v) is 3.86. The van der Waals surface area contributed by atoms with Crippen molar-refractivity contribution in [3.63, 3.8) is 0 Å². The monoisotopic (exact) mass is 313 g/mol. The van der Waals surface area contributed by atoms with E-state index in [1.54, 1.807) is 31.2 Å². The smallest absolute Gasteiger partial charge is 0.205 e. The summed E-state index contributed by atoms with van der Waals surface area (Å²) in [6.07, 6.45) is 3.24. The Labute approximate surface area is 109 Å². The van der Waals surface area contributed by atoms with Crippen LogP contribution in [0.5, 0.6) is 0 Å². The van der Waals surface area contributed by atoms with Crippen LogP contribution in [0.4, 0.5) is 0 Å². The van der Waals surface area contributed by atoms with E-state index in [9.17, 15) is 8.42 Å². The molecule has 0 N–H and O–H groups in total. The number of hydrogen-bond acceptors (Lipinski definition) is 3. The van der Waals surface area contributed by atoms with Crippen LogP contribution in [-0.2, 0) is 9.84 Å². The van der Waals surface area contributed by atoms with Crippen LogP contribution < -0.4 is 0 Å². The maximum Gasteiger partial charge on any atom is 0.205 e. The highest BCUT2D eigenvalue weighted by molar-refractivity contribution is 9.18. The molecule has 1 aromatic rings. The molecular weight excluding hydrogens is 302 g/mol. The molecule has 1 aromatic carbocycles. The normalized spacial score (nSPS) is 19.5. The molecule has 5 heteroatoms. The molecule has 1 aliphatic heterocycles. The number of hydrogen-bond donors (Lipinski definition) is 0. The Morgan fingerprint density at radius 2 is 2.00 bits per heavy atom. The van der Waals surface area contributed by atoms with Gasteiger partial charge >= 0.3 is 0 Å². The van der Waals surface area contributed by atoms with Crippen molar-refractivity contribution in [3.8, 4) is 0 Å². The predicted molar refractivity (Wildman–Crippen MR) is 72.4 cm³/mol. The number of aryl methyl sites for hydroxylation is 2. The maximum absolute atomic E-state index is 12.3. The molecule has 0 fully saturated rings. The molecule has 0 amide bonds. The molecule has 1 atom stereocenters. The topological polar surface area (TPSA) is 46.5 Å². The zero-order valence-corrected chi connectivity index (χ0v) is 11.9. The van der Waals surface area contributed by atoms with Gasteiger partial charge in [-0.1, -0.05) is 17.7 Å². The van der Waals surface area contributed by atoms with Crippen LogP contribution in [0.15, 0.2) is 40.2 Å². The molecule has 0 aliphatic carbocycles. The third-order valence-corrected chi connectivity index (χ3v) is 5.04. The second kappa shape index (κ2) is 4.38. The minimum atomic E-state index is -3.42. The highest BCUT2D eigenvalue weighted by Gasteiger charge is 2.28. The van der Waals surface area contributed by atoms with Crippen molar-refractivity contribution in [1.82, 2.24) is 0 Å². The van der Waals surface area contributed by atoms with Crippen molar-refractivity contribution >= 4 is 30.4 Å². The lowest BCUT2D eigenvalue weighted by atomic mass is 10.2. The molecule has 17 heavy (non-hydrogen) atoms. The van der Waals surface area contributed by atoms with E-state index in [-0.39, 0.29) is 0 Å². The van der Waals surface area contributed by atoms with Crippen LogP contribution in [-0.4, -0.2) is 18.4 Å². The first-order chi connectivity index (χ1) is 7.91. The molecule has 1 aliphatic rings. The van der Waals surface area contributed by atoms with Gasteiger partial charge < -0.3 is 0 Å². The molecule has 0 spiro atoms. The predicted octanol–water partition coefficient (Wildman–Crippen LogP) is 2.77. The Hall–Kier alpha value is -0.940. The van der Waals surface area contributed by atoms with Gasteiger partial charge in [-0.25, -0.2) is 8.42 Å². The Balaban J connectivity index is 2.50. The van der Waals surface area contributed by atoms with E-state index in [0.29, 0.717) is 9.52 Å². The molecule has 2 rings (SSSR count). The van der Waals surface area contributed by atoms with Gasteiger partial charge in [-0.05, 0) is 53.6 Å². The molecular formula is C12H12BrNO2S. The summed E-state index contributed by atoms with van der Waals surface area (Å²) in [5.74, 6) is 0. The number of aliphatic imine (C=N–C) groups is 1. The third-order valence-electron chi connectivity index (χ3n) is 2.60. The van der Waals surface area contributed by atoms with Crippen molar-refractivity contribution in [2.75, 3.05) is 0 Å². The summed E-state index contributed by atoms with van der Waals surface area (Å²) >= 11 is 3.17. The lowest BCUT2D eigenvalue weighted by molar-refractivity contribution is 0.589. The number of allylic oxidation sites excluding steroid dienone is 1. The summed E-state index contributed by atoms with van der Waals surface area (Å²) in [6, 6.07) is 5.32. The van der Waals surface area contributed by atoms with Gasteiger partial charge in [0.1, 0.15) is 4.62 Å². The zero-order valence-electron chi connectivity index (χ0n) is 9.51. The molecule has 0 aromatic heterocycles. The van der Waals surface area contributed by atoms with E-state index in [0.717, 1.165) is 11.1 Å². The largest absolute Gasteiger partial charge is 0.254 e. The molecule has 0 bridgehead atoms. The lowest BCUT2D eigenvalue weighted by Gasteiger charge is -2.10. The summed E-state index contributed by atoms with van der Waals surface area (Å²) in [5, 5.41) is -0.807. The molecule has 0 radical (unpaired) electrons. The van der Waals surface area contributed by atoms with Crippen molar-refractivity contribution in [3.05, 3.63) is 41.5 Å². The van der Waals surface area contributed by atoms with Crippen molar-refractivity contribution < 1.29 is 8.42 Å². The first-order valence-electron chi connectivity index (χ1n) is 5.14. The van der Waals surface area contributed by atoms with E-state index in [2.05, 4.69) is 20.9 Å². The quantitative estimate of drug-likeness (QED) is 0.843. The first-order valence-corrected chi connectivity index (χ1v) is 7.48. The van der Waals surface area contributed by atoms with Crippen LogP contribution >= 0.6 is 15.9 Å². The van der Waals surface area contributed by atoms with E-state index in [1.165, 1.54) is 0 Å². The number of nitrogens with zero attached hydrogens (tertiary/aromatic N) is 1. The number of benzene rings is 1. The fourth-order valence-electron chi connectivity index (χ4n) is 1.79. The van der Waals surface area contributed by atoms with Crippen molar-refractivity contribution in [2.45, 2.75) is 24.1 Å². The molecule has 1 unspecified atom stereocenters. The number of sulfone groups is 1. The average Bonchev–Trinajstić information content (AvgIpc) is 2.64. The van der Waals surface area contributed by atoms with Gasteiger partial charge in [-0.3, -0.25) is 4.99 Å². The van der Waals surface area contributed by atoms with Crippen molar-refractivity contribution in [1.29, 1.82) is 0 Å². The second-order valence-electron chi connectivity index (χ2n) is 4.02. The standard InChI is InChI=1S/C12H12BrNO2S/c1-8-3-4-10(9(2)7-8)17(15,16)12-6-5-11(13)14-12/h3-7,12H,1-2H3. The zero-order chi connectivity index (χ0) is 12.6. The van der Waals surface area contributed by atoms with Crippen LogP contribution in [0.25, 0.3) is 0 Å². The van der Waals surface area contributed by atoms with Crippen LogP contribution in [0.1, 0.15) is 11.1 Å². The Kier molecular flexibility index (Phi) is 3.23. The Bertz CT molecular complexity index is 617. The van der Waals surface area contributed by atoms with E-state index in [1.807, 2.05) is 13.0 Å². The lowest BCUT2D eigenvalue weighted by Crippen LogP contribution is -2.16. The summed E-state index contributed by atoms with van der Waals surface area (Å²) in [6.45, 7) is 3.74. The van der Waals surface area contributed by atoms with E-state index in [4.69, 9.17) is 0 Å². The molecule has 0 saturated carbocycles. The minimum Gasteiger partial charge on any atom is -0.254 e.